The maximum absolute atomic E-state index is 12.5. The quantitative estimate of drug-likeness (QED) is 0.649. The largest absolute Gasteiger partial charge is 0.377 e. The molecule has 0 saturated carbocycles. The molecule has 2 aromatic rings. The molecule has 2 aromatic heterocycles. The Bertz CT molecular complexity index is 1020. The first-order valence-corrected chi connectivity index (χ1v) is 12.2. The lowest BCUT2D eigenvalue weighted by molar-refractivity contribution is -0.130. The van der Waals surface area contributed by atoms with Crippen LogP contribution in [-0.2, 0) is 16.0 Å². The molecule has 5 heterocycles. The van der Waals surface area contributed by atoms with Crippen LogP contribution in [0.1, 0.15) is 67.2 Å². The maximum atomic E-state index is 12.5. The molecular weight excluding hydrogens is 402 g/mol. The van der Waals surface area contributed by atoms with Crippen molar-refractivity contribution in [1.29, 1.82) is 0 Å². The molecule has 0 aliphatic carbocycles. The van der Waals surface area contributed by atoms with Gasteiger partial charge in [0.25, 0.3) is 0 Å². The van der Waals surface area contributed by atoms with Crippen LogP contribution in [0, 0.1) is 13.8 Å². The lowest BCUT2D eigenvalue weighted by Crippen LogP contribution is -2.28. The van der Waals surface area contributed by atoms with Gasteiger partial charge < -0.3 is 9.64 Å². The minimum atomic E-state index is 0.269. The lowest BCUT2D eigenvalue weighted by Gasteiger charge is -2.25. The van der Waals surface area contributed by atoms with Crippen LogP contribution in [-0.4, -0.2) is 69.7 Å². The fraction of sp³-hybridized carbons (Fsp3) is 0.640. The molecule has 172 valence electrons. The minimum absolute atomic E-state index is 0.269. The molecule has 0 spiro atoms. The van der Waals surface area contributed by atoms with Gasteiger partial charge in [-0.25, -0.2) is 9.50 Å². The number of fused-ring (bicyclic) bond motifs is 1. The van der Waals surface area contributed by atoms with Gasteiger partial charge in [-0.05, 0) is 70.1 Å². The molecular formula is C25H35N5O2. The molecule has 3 aliphatic heterocycles. The molecule has 0 unspecified atom stereocenters. The van der Waals surface area contributed by atoms with Crippen molar-refractivity contribution in [3.05, 3.63) is 40.4 Å². The van der Waals surface area contributed by atoms with Gasteiger partial charge in [-0.3, -0.25) is 9.69 Å². The molecule has 0 N–H and O–H groups in total. The van der Waals surface area contributed by atoms with Crippen LogP contribution >= 0.6 is 0 Å². The lowest BCUT2D eigenvalue weighted by atomic mass is 10.1. The summed E-state index contributed by atoms with van der Waals surface area (Å²) >= 11 is 0. The number of aromatic nitrogens is 3. The van der Waals surface area contributed by atoms with Gasteiger partial charge in [0, 0.05) is 43.5 Å². The van der Waals surface area contributed by atoms with Crippen LogP contribution in [0.25, 0.3) is 5.65 Å². The SMILES string of the molecule is Cc1nc2cc([C@@H]3CCCN3CC3=CCCOC3)nn2c(C)c1CCC(=O)N1CCCC1. The van der Waals surface area contributed by atoms with Gasteiger partial charge >= 0.3 is 0 Å². The van der Waals surface area contributed by atoms with Crippen LogP contribution in [0.2, 0.25) is 0 Å². The highest BCUT2D eigenvalue weighted by atomic mass is 16.5. The zero-order valence-electron chi connectivity index (χ0n) is 19.5. The highest BCUT2D eigenvalue weighted by molar-refractivity contribution is 5.76. The van der Waals surface area contributed by atoms with E-state index in [0.29, 0.717) is 12.5 Å². The zero-order valence-corrected chi connectivity index (χ0v) is 19.5. The standard InChI is InChI=1S/C25H35N5O2/c1-18-21(9-10-25(31)28-11-3-4-12-28)19(2)30-24(26-18)15-22(27-30)23-8-5-13-29(23)16-20-7-6-14-32-17-20/h7,15,23H,3-6,8-14,16-17H2,1-2H3/t23-/m0/s1. The summed E-state index contributed by atoms with van der Waals surface area (Å²) in [7, 11) is 0. The molecule has 0 radical (unpaired) electrons. The average Bonchev–Trinajstić information content (AvgIpc) is 3.55. The number of carbonyl (C=O) groups excluding carboxylic acids is 1. The third-order valence-electron chi connectivity index (χ3n) is 7.32. The summed E-state index contributed by atoms with van der Waals surface area (Å²) in [5.74, 6) is 0.269. The van der Waals surface area contributed by atoms with E-state index in [2.05, 4.69) is 30.9 Å². The molecule has 1 atom stereocenters. The van der Waals surface area contributed by atoms with Crippen molar-refractivity contribution >= 4 is 11.6 Å². The fourth-order valence-corrected chi connectivity index (χ4v) is 5.56. The van der Waals surface area contributed by atoms with Crippen LogP contribution in [0.3, 0.4) is 0 Å². The highest BCUT2D eigenvalue weighted by Crippen LogP contribution is 2.33. The predicted molar refractivity (Wildman–Crippen MR) is 124 cm³/mol. The molecule has 0 aromatic carbocycles. The molecule has 5 rings (SSSR count). The molecule has 0 bridgehead atoms. The first-order chi connectivity index (χ1) is 15.6. The topological polar surface area (TPSA) is 63.0 Å². The monoisotopic (exact) mass is 437 g/mol. The summed E-state index contributed by atoms with van der Waals surface area (Å²) < 4.78 is 7.64. The highest BCUT2D eigenvalue weighted by Gasteiger charge is 2.29. The minimum Gasteiger partial charge on any atom is -0.377 e. The summed E-state index contributed by atoms with van der Waals surface area (Å²) in [6.07, 6.45) is 9.24. The van der Waals surface area contributed by atoms with E-state index in [9.17, 15) is 4.79 Å². The fourth-order valence-electron chi connectivity index (χ4n) is 5.56. The van der Waals surface area contributed by atoms with E-state index < -0.39 is 0 Å². The van der Waals surface area contributed by atoms with Gasteiger partial charge in [0.05, 0.1) is 24.9 Å². The van der Waals surface area contributed by atoms with E-state index >= 15 is 0 Å². The Kier molecular flexibility index (Phi) is 6.28. The molecule has 1 amide bonds. The number of aryl methyl sites for hydroxylation is 2. The Balaban J connectivity index is 1.34. The Labute approximate surface area is 190 Å². The number of nitrogens with zero attached hydrogens (tertiary/aromatic N) is 5. The van der Waals surface area contributed by atoms with Crippen molar-refractivity contribution in [1.82, 2.24) is 24.4 Å². The summed E-state index contributed by atoms with van der Waals surface area (Å²) in [5, 5.41) is 5.01. The number of hydrogen-bond donors (Lipinski definition) is 0. The van der Waals surface area contributed by atoms with Crippen molar-refractivity contribution < 1.29 is 9.53 Å². The summed E-state index contributed by atoms with van der Waals surface area (Å²) in [6.45, 7) is 9.68. The van der Waals surface area contributed by atoms with E-state index in [1.165, 1.54) is 12.0 Å². The molecule has 3 aliphatic rings. The maximum Gasteiger partial charge on any atom is 0.222 e. The molecule has 2 saturated heterocycles. The van der Waals surface area contributed by atoms with Crippen molar-refractivity contribution in [2.24, 2.45) is 0 Å². The van der Waals surface area contributed by atoms with Gasteiger partial charge in [-0.1, -0.05) is 6.08 Å². The van der Waals surface area contributed by atoms with Gasteiger partial charge in [-0.15, -0.1) is 0 Å². The third kappa shape index (κ3) is 4.33. The Morgan fingerprint density at radius 2 is 2.03 bits per heavy atom. The summed E-state index contributed by atoms with van der Waals surface area (Å²) in [6, 6.07) is 2.49. The second-order valence-electron chi connectivity index (χ2n) is 9.52. The van der Waals surface area contributed by atoms with Gasteiger partial charge in [-0.2, -0.15) is 5.10 Å². The second-order valence-corrected chi connectivity index (χ2v) is 9.52. The first-order valence-electron chi connectivity index (χ1n) is 12.2. The Hall–Kier alpha value is -2.25. The van der Waals surface area contributed by atoms with E-state index in [-0.39, 0.29) is 5.91 Å². The second kappa shape index (κ2) is 9.32. The normalized spacial score (nSPS) is 22.1. The predicted octanol–water partition coefficient (Wildman–Crippen LogP) is 3.38. The van der Waals surface area contributed by atoms with Crippen LogP contribution in [0.15, 0.2) is 17.7 Å². The average molecular weight is 438 g/mol. The molecule has 2 fully saturated rings. The van der Waals surface area contributed by atoms with Gasteiger partial charge in [0.1, 0.15) is 0 Å². The first kappa shape index (κ1) is 21.6. The zero-order chi connectivity index (χ0) is 22.1. The van der Waals surface area contributed by atoms with Crippen LogP contribution in [0.4, 0.5) is 0 Å². The number of hydrogen-bond acceptors (Lipinski definition) is 5. The van der Waals surface area contributed by atoms with Crippen LogP contribution < -0.4 is 0 Å². The number of rotatable bonds is 6. The number of ether oxygens (including phenoxy) is 1. The van der Waals surface area contributed by atoms with Crippen LogP contribution in [0.5, 0.6) is 0 Å². The van der Waals surface area contributed by atoms with Gasteiger partial charge in [0.2, 0.25) is 5.91 Å². The third-order valence-corrected chi connectivity index (χ3v) is 7.32. The van der Waals surface area contributed by atoms with Crippen molar-refractivity contribution in [2.45, 2.75) is 64.8 Å². The van der Waals surface area contributed by atoms with E-state index in [0.717, 1.165) is 99.8 Å². The number of carbonyl (C=O) groups is 1. The number of amides is 1. The molecule has 7 heteroatoms. The Morgan fingerprint density at radius 3 is 2.81 bits per heavy atom. The van der Waals surface area contributed by atoms with E-state index in [1.54, 1.807) is 0 Å². The van der Waals surface area contributed by atoms with E-state index in [1.807, 2.05) is 9.42 Å². The van der Waals surface area contributed by atoms with E-state index in [4.69, 9.17) is 14.8 Å². The van der Waals surface area contributed by atoms with Gasteiger partial charge in [0.15, 0.2) is 5.65 Å². The van der Waals surface area contributed by atoms with Crippen molar-refractivity contribution in [2.75, 3.05) is 39.4 Å². The summed E-state index contributed by atoms with van der Waals surface area (Å²) in [4.78, 5) is 22.0. The summed E-state index contributed by atoms with van der Waals surface area (Å²) in [5.41, 5.74) is 6.70. The van der Waals surface area contributed by atoms with Crippen molar-refractivity contribution in [3.8, 4) is 0 Å². The van der Waals surface area contributed by atoms with Crippen molar-refractivity contribution in [3.63, 3.8) is 0 Å². The molecule has 32 heavy (non-hydrogen) atoms. The number of likely N-dealkylation sites (tertiary alicyclic amines) is 2. The smallest absolute Gasteiger partial charge is 0.222 e. The Morgan fingerprint density at radius 1 is 1.19 bits per heavy atom. The molecule has 7 nitrogen and oxygen atoms in total.